The minimum Gasteiger partial charge on any atom is -0.371 e. The highest BCUT2D eigenvalue weighted by molar-refractivity contribution is 5.92. The lowest BCUT2D eigenvalue weighted by Crippen LogP contribution is -2.50. The fourth-order valence-electron chi connectivity index (χ4n) is 3.49. The van der Waals surface area contributed by atoms with Gasteiger partial charge in [0.05, 0.1) is 5.69 Å². The van der Waals surface area contributed by atoms with Gasteiger partial charge in [0.2, 0.25) is 0 Å². The number of anilines is 3. The predicted octanol–water partition coefficient (Wildman–Crippen LogP) is 3.71. The number of carbonyl (C=O) groups excluding carboxylic acids is 1. The molecule has 1 saturated heterocycles. The second-order valence-electron chi connectivity index (χ2n) is 7.29. The lowest BCUT2D eigenvalue weighted by molar-refractivity contribution is 0.208. The Morgan fingerprint density at radius 3 is 2.19 bits per heavy atom. The van der Waals surface area contributed by atoms with E-state index in [0.29, 0.717) is 18.9 Å². The summed E-state index contributed by atoms with van der Waals surface area (Å²) in [6.45, 7) is 11.3. The molecule has 3 rings (SSSR count). The Balaban J connectivity index is 1.64. The molecular weight excluding hydrogens is 338 g/mol. The van der Waals surface area contributed by atoms with Crippen molar-refractivity contribution in [2.75, 3.05) is 48.8 Å². The Bertz CT molecular complexity index is 820. The molecule has 0 bridgehead atoms. The van der Waals surface area contributed by atoms with Gasteiger partial charge in [-0.1, -0.05) is 6.07 Å². The van der Waals surface area contributed by atoms with Gasteiger partial charge in [-0.05, 0) is 62.6 Å². The number of rotatable bonds is 3. The molecule has 6 nitrogen and oxygen atoms in total. The molecule has 0 radical (unpaired) electrons. The first-order valence-electron chi connectivity index (χ1n) is 9.42. The quantitative estimate of drug-likeness (QED) is 0.868. The van der Waals surface area contributed by atoms with Gasteiger partial charge >= 0.3 is 6.03 Å². The van der Waals surface area contributed by atoms with Crippen molar-refractivity contribution in [2.45, 2.75) is 27.7 Å². The molecule has 2 aromatic rings. The van der Waals surface area contributed by atoms with Gasteiger partial charge in [0.15, 0.2) is 0 Å². The number of aromatic nitrogens is 1. The SMILES string of the molecule is CNc1nc(C)c(C)cc1NC(=O)N1CCN(c2cc(C)cc(C)c2)CC1. The number of hydrogen-bond acceptors (Lipinski definition) is 4. The van der Waals surface area contributed by atoms with E-state index in [1.807, 2.05) is 31.9 Å². The third-order valence-corrected chi connectivity index (χ3v) is 5.08. The first-order chi connectivity index (χ1) is 12.9. The van der Waals surface area contributed by atoms with Crippen molar-refractivity contribution in [3.05, 3.63) is 46.6 Å². The van der Waals surface area contributed by atoms with Crippen LogP contribution in [0.2, 0.25) is 0 Å². The van der Waals surface area contributed by atoms with Gasteiger partial charge in [-0.25, -0.2) is 9.78 Å². The highest BCUT2D eigenvalue weighted by atomic mass is 16.2. The van der Waals surface area contributed by atoms with E-state index in [4.69, 9.17) is 0 Å². The number of urea groups is 1. The van der Waals surface area contributed by atoms with Crippen LogP contribution in [0, 0.1) is 27.7 Å². The Hall–Kier alpha value is -2.76. The van der Waals surface area contributed by atoms with Crippen LogP contribution in [0.3, 0.4) is 0 Å². The van der Waals surface area contributed by atoms with Crippen LogP contribution in [0.1, 0.15) is 22.4 Å². The van der Waals surface area contributed by atoms with E-state index in [0.717, 1.165) is 30.0 Å². The summed E-state index contributed by atoms with van der Waals surface area (Å²) in [5, 5.41) is 6.07. The molecule has 2 N–H and O–H groups in total. The normalized spacial score (nSPS) is 14.3. The molecule has 1 fully saturated rings. The van der Waals surface area contributed by atoms with Crippen LogP contribution >= 0.6 is 0 Å². The Labute approximate surface area is 161 Å². The fourth-order valence-corrected chi connectivity index (χ4v) is 3.49. The van der Waals surface area contributed by atoms with E-state index in [9.17, 15) is 4.79 Å². The molecule has 0 spiro atoms. The largest absolute Gasteiger partial charge is 0.371 e. The molecule has 0 saturated carbocycles. The van der Waals surface area contributed by atoms with E-state index in [1.165, 1.54) is 16.8 Å². The van der Waals surface area contributed by atoms with Crippen LogP contribution in [-0.2, 0) is 0 Å². The summed E-state index contributed by atoms with van der Waals surface area (Å²) in [7, 11) is 1.81. The number of pyridine rings is 1. The van der Waals surface area contributed by atoms with Gasteiger partial charge in [-0.2, -0.15) is 0 Å². The molecule has 1 aromatic heterocycles. The molecule has 6 heteroatoms. The van der Waals surface area contributed by atoms with Gasteiger partial charge in [0.1, 0.15) is 5.82 Å². The highest BCUT2D eigenvalue weighted by Crippen LogP contribution is 2.24. The first-order valence-corrected chi connectivity index (χ1v) is 9.42. The summed E-state index contributed by atoms with van der Waals surface area (Å²) in [6, 6.07) is 8.50. The second kappa shape index (κ2) is 7.86. The highest BCUT2D eigenvalue weighted by Gasteiger charge is 2.22. The lowest BCUT2D eigenvalue weighted by atomic mass is 10.1. The summed E-state index contributed by atoms with van der Waals surface area (Å²) in [6.07, 6.45) is 0. The smallest absolute Gasteiger partial charge is 0.322 e. The van der Waals surface area contributed by atoms with Crippen molar-refractivity contribution in [3.8, 4) is 0 Å². The van der Waals surface area contributed by atoms with E-state index in [-0.39, 0.29) is 6.03 Å². The molecule has 0 aliphatic carbocycles. The van der Waals surface area contributed by atoms with Crippen molar-refractivity contribution < 1.29 is 4.79 Å². The number of piperazine rings is 1. The van der Waals surface area contributed by atoms with Crippen LogP contribution < -0.4 is 15.5 Å². The molecule has 1 aliphatic rings. The van der Waals surface area contributed by atoms with Gasteiger partial charge in [-0.3, -0.25) is 0 Å². The fraction of sp³-hybridized carbons (Fsp3) is 0.429. The molecule has 2 amide bonds. The Morgan fingerprint density at radius 1 is 0.963 bits per heavy atom. The zero-order valence-corrected chi connectivity index (χ0v) is 16.9. The topological polar surface area (TPSA) is 60.5 Å². The maximum absolute atomic E-state index is 12.7. The molecule has 0 unspecified atom stereocenters. The van der Waals surface area contributed by atoms with E-state index in [1.54, 1.807) is 0 Å². The Kier molecular flexibility index (Phi) is 5.54. The molecule has 1 aromatic carbocycles. The predicted molar refractivity (Wildman–Crippen MR) is 112 cm³/mol. The summed E-state index contributed by atoms with van der Waals surface area (Å²) in [5.41, 5.74) is 6.52. The van der Waals surface area contributed by atoms with E-state index < -0.39 is 0 Å². The average molecular weight is 367 g/mol. The van der Waals surface area contributed by atoms with E-state index in [2.05, 4.69) is 52.6 Å². The second-order valence-corrected chi connectivity index (χ2v) is 7.29. The van der Waals surface area contributed by atoms with Crippen LogP contribution in [0.15, 0.2) is 24.3 Å². The van der Waals surface area contributed by atoms with Crippen molar-refractivity contribution in [1.82, 2.24) is 9.88 Å². The number of nitrogens with one attached hydrogen (secondary N) is 2. The molecule has 144 valence electrons. The van der Waals surface area contributed by atoms with Crippen LogP contribution in [-0.4, -0.2) is 49.1 Å². The standard InChI is InChI=1S/C21H29N5O/c1-14-10-15(2)12-18(11-14)25-6-8-26(9-7-25)21(27)24-19-13-16(3)17(4)23-20(19)22-5/h10-13H,6-9H2,1-5H3,(H,22,23)(H,24,27). The molecule has 2 heterocycles. The summed E-state index contributed by atoms with van der Waals surface area (Å²) in [4.78, 5) is 21.4. The molecule has 0 atom stereocenters. The van der Waals surface area contributed by atoms with Gasteiger partial charge in [-0.15, -0.1) is 0 Å². The first kappa shape index (κ1) is 19.0. The number of aryl methyl sites for hydroxylation is 4. The van der Waals surface area contributed by atoms with Crippen LogP contribution in [0.4, 0.5) is 22.0 Å². The van der Waals surface area contributed by atoms with Crippen molar-refractivity contribution >= 4 is 23.2 Å². The maximum Gasteiger partial charge on any atom is 0.322 e. The third-order valence-electron chi connectivity index (χ3n) is 5.08. The lowest BCUT2D eigenvalue weighted by Gasteiger charge is -2.36. The Morgan fingerprint density at radius 2 is 1.59 bits per heavy atom. The number of hydrogen-bond donors (Lipinski definition) is 2. The van der Waals surface area contributed by atoms with Crippen molar-refractivity contribution in [2.24, 2.45) is 0 Å². The minimum atomic E-state index is -0.0726. The van der Waals surface area contributed by atoms with Gasteiger partial charge in [0.25, 0.3) is 0 Å². The number of carbonyl (C=O) groups is 1. The number of benzene rings is 1. The number of amides is 2. The molecule has 1 aliphatic heterocycles. The molecular formula is C21H29N5O. The summed E-state index contributed by atoms with van der Waals surface area (Å²) < 4.78 is 0. The summed E-state index contributed by atoms with van der Waals surface area (Å²) in [5.74, 6) is 0.695. The van der Waals surface area contributed by atoms with Crippen molar-refractivity contribution in [1.29, 1.82) is 0 Å². The number of nitrogens with zero attached hydrogens (tertiary/aromatic N) is 3. The van der Waals surface area contributed by atoms with Crippen LogP contribution in [0.25, 0.3) is 0 Å². The van der Waals surface area contributed by atoms with Gasteiger partial charge < -0.3 is 20.4 Å². The average Bonchev–Trinajstić information content (AvgIpc) is 2.63. The van der Waals surface area contributed by atoms with Crippen molar-refractivity contribution in [3.63, 3.8) is 0 Å². The summed E-state index contributed by atoms with van der Waals surface area (Å²) >= 11 is 0. The zero-order chi connectivity index (χ0) is 19.6. The molecule has 27 heavy (non-hydrogen) atoms. The van der Waals surface area contributed by atoms with Gasteiger partial charge in [0, 0.05) is 44.6 Å². The monoisotopic (exact) mass is 367 g/mol. The van der Waals surface area contributed by atoms with Crippen LogP contribution in [0.5, 0.6) is 0 Å². The third kappa shape index (κ3) is 4.32. The van der Waals surface area contributed by atoms with E-state index >= 15 is 0 Å². The minimum absolute atomic E-state index is 0.0726. The zero-order valence-electron chi connectivity index (χ0n) is 16.9. The maximum atomic E-state index is 12.7.